The van der Waals surface area contributed by atoms with Crippen molar-refractivity contribution in [1.29, 1.82) is 0 Å². The van der Waals surface area contributed by atoms with E-state index < -0.39 is 0 Å². The molecule has 2 unspecified atom stereocenters. The third-order valence-electron chi connectivity index (χ3n) is 4.73. The summed E-state index contributed by atoms with van der Waals surface area (Å²) in [7, 11) is 0. The van der Waals surface area contributed by atoms with E-state index >= 15 is 0 Å². The molecule has 3 heteroatoms. The molecule has 3 nitrogen and oxygen atoms in total. The molecule has 0 radical (unpaired) electrons. The number of rotatable bonds is 9. The van der Waals surface area contributed by atoms with Crippen LogP contribution in [0.4, 0.5) is 4.79 Å². The van der Waals surface area contributed by atoms with Gasteiger partial charge in [-0.3, -0.25) is 0 Å². The van der Waals surface area contributed by atoms with Crippen molar-refractivity contribution in [3.8, 4) is 0 Å². The summed E-state index contributed by atoms with van der Waals surface area (Å²) in [6.45, 7) is 6.28. The summed E-state index contributed by atoms with van der Waals surface area (Å²) >= 11 is 0. The minimum Gasteiger partial charge on any atom is -0.446 e. The van der Waals surface area contributed by atoms with Crippen molar-refractivity contribution in [3.63, 3.8) is 0 Å². The van der Waals surface area contributed by atoms with Gasteiger partial charge in [-0.15, -0.1) is 0 Å². The first-order valence-electron chi connectivity index (χ1n) is 9.60. The van der Waals surface area contributed by atoms with Crippen molar-refractivity contribution < 1.29 is 9.53 Å². The van der Waals surface area contributed by atoms with Gasteiger partial charge in [-0.05, 0) is 42.5 Å². The van der Waals surface area contributed by atoms with Gasteiger partial charge in [0.15, 0.2) is 0 Å². The van der Waals surface area contributed by atoms with Gasteiger partial charge in [0.25, 0.3) is 0 Å². The molecule has 0 aromatic heterocycles. The van der Waals surface area contributed by atoms with Gasteiger partial charge in [0, 0.05) is 0 Å². The Morgan fingerprint density at radius 2 is 1.80 bits per heavy atom. The first kappa shape index (κ1) is 19.3. The third kappa shape index (κ3) is 5.77. The second-order valence-corrected chi connectivity index (χ2v) is 6.72. The number of unbranched alkanes of at least 4 members (excludes halogenated alkanes) is 3. The van der Waals surface area contributed by atoms with Gasteiger partial charge >= 0.3 is 6.09 Å². The highest BCUT2D eigenvalue weighted by Gasteiger charge is 2.16. The van der Waals surface area contributed by atoms with Crippen LogP contribution in [-0.2, 0) is 4.74 Å². The average Bonchev–Trinajstić information content (AvgIpc) is 2.63. The van der Waals surface area contributed by atoms with Gasteiger partial charge in [-0.25, -0.2) is 4.79 Å². The predicted octanol–water partition coefficient (Wildman–Crippen LogP) is 6.38. The molecule has 0 aliphatic rings. The third-order valence-corrected chi connectivity index (χ3v) is 4.73. The van der Waals surface area contributed by atoms with Gasteiger partial charge in [0.2, 0.25) is 0 Å². The number of carbonyl (C=O) groups is 1. The summed E-state index contributed by atoms with van der Waals surface area (Å²) in [5.74, 6) is 0. The van der Waals surface area contributed by atoms with Crippen LogP contribution in [0.3, 0.4) is 0 Å². The zero-order valence-corrected chi connectivity index (χ0v) is 15.8. The molecular weight excluding hydrogens is 310 g/mol. The topological polar surface area (TPSA) is 38.3 Å². The Labute approximate surface area is 151 Å². The van der Waals surface area contributed by atoms with E-state index in [9.17, 15) is 4.79 Å². The van der Waals surface area contributed by atoms with E-state index in [1.165, 1.54) is 30.0 Å². The number of fused-ring (bicyclic) bond motifs is 1. The van der Waals surface area contributed by atoms with Gasteiger partial charge in [0.05, 0.1) is 6.04 Å². The van der Waals surface area contributed by atoms with Crippen LogP contribution in [-0.4, -0.2) is 12.2 Å². The Morgan fingerprint density at radius 3 is 2.56 bits per heavy atom. The maximum Gasteiger partial charge on any atom is 0.407 e. The van der Waals surface area contributed by atoms with Crippen LogP contribution < -0.4 is 5.32 Å². The molecule has 0 aliphatic carbocycles. The van der Waals surface area contributed by atoms with E-state index in [-0.39, 0.29) is 18.2 Å². The quantitative estimate of drug-likeness (QED) is 0.538. The van der Waals surface area contributed by atoms with Crippen LogP contribution in [0.25, 0.3) is 10.8 Å². The standard InChI is InChI=1S/C22H31NO2/c1-4-6-7-8-14-19(5-2)25-22(24)23-17(3)20-16-11-13-18-12-9-10-15-21(18)20/h9-13,15-17,19H,4-8,14H2,1-3H3,(H,23,24). The van der Waals surface area contributed by atoms with Gasteiger partial charge in [0.1, 0.15) is 6.10 Å². The maximum atomic E-state index is 12.3. The lowest BCUT2D eigenvalue weighted by atomic mass is 10.00. The first-order valence-corrected chi connectivity index (χ1v) is 9.60. The van der Waals surface area contributed by atoms with Crippen LogP contribution in [0.5, 0.6) is 0 Å². The molecule has 2 rings (SSSR count). The molecule has 1 N–H and O–H groups in total. The van der Waals surface area contributed by atoms with Crippen molar-refractivity contribution in [1.82, 2.24) is 5.32 Å². The van der Waals surface area contributed by atoms with Crippen LogP contribution in [0.15, 0.2) is 42.5 Å². The summed E-state index contributed by atoms with van der Waals surface area (Å²) in [5, 5.41) is 5.35. The zero-order valence-electron chi connectivity index (χ0n) is 15.8. The molecule has 0 heterocycles. The van der Waals surface area contributed by atoms with E-state index in [0.29, 0.717) is 0 Å². The highest BCUT2D eigenvalue weighted by Crippen LogP contribution is 2.24. The van der Waals surface area contributed by atoms with Crippen molar-refractivity contribution in [3.05, 3.63) is 48.0 Å². The highest BCUT2D eigenvalue weighted by molar-refractivity contribution is 5.86. The zero-order chi connectivity index (χ0) is 18.1. The number of hydrogen-bond donors (Lipinski definition) is 1. The Kier molecular flexibility index (Phi) is 7.77. The van der Waals surface area contributed by atoms with Crippen molar-refractivity contribution in [2.24, 2.45) is 0 Å². The van der Waals surface area contributed by atoms with Gasteiger partial charge in [-0.1, -0.05) is 75.6 Å². The molecule has 2 aromatic rings. The molecule has 136 valence electrons. The molecule has 25 heavy (non-hydrogen) atoms. The van der Waals surface area contributed by atoms with Crippen molar-refractivity contribution in [2.45, 2.75) is 71.4 Å². The predicted molar refractivity (Wildman–Crippen MR) is 105 cm³/mol. The molecule has 0 fully saturated rings. The summed E-state index contributed by atoms with van der Waals surface area (Å²) in [4.78, 5) is 12.3. The minimum atomic E-state index is -0.317. The second kappa shape index (κ2) is 10.1. The number of carbonyl (C=O) groups excluding carboxylic acids is 1. The summed E-state index contributed by atoms with van der Waals surface area (Å²) < 4.78 is 5.63. The summed E-state index contributed by atoms with van der Waals surface area (Å²) in [5.41, 5.74) is 1.12. The SMILES string of the molecule is CCCCCCC(CC)OC(=O)NC(C)c1cccc2ccccc12. The number of nitrogens with one attached hydrogen (secondary N) is 1. The van der Waals surface area contributed by atoms with Crippen molar-refractivity contribution >= 4 is 16.9 Å². The molecule has 1 amide bonds. The van der Waals surface area contributed by atoms with Crippen LogP contribution in [0, 0.1) is 0 Å². The number of ether oxygens (including phenoxy) is 1. The highest BCUT2D eigenvalue weighted by atomic mass is 16.6. The fourth-order valence-corrected chi connectivity index (χ4v) is 3.21. The summed E-state index contributed by atoms with van der Waals surface area (Å²) in [6, 6.07) is 14.3. The van der Waals surface area contributed by atoms with E-state index in [1.807, 2.05) is 25.1 Å². The molecule has 0 aliphatic heterocycles. The molecule has 2 aromatic carbocycles. The number of alkyl carbamates (subject to hydrolysis) is 1. The Balaban J connectivity index is 1.92. The lowest BCUT2D eigenvalue weighted by molar-refractivity contribution is 0.0863. The first-order chi connectivity index (χ1) is 12.2. The van der Waals surface area contributed by atoms with Gasteiger partial charge in [-0.2, -0.15) is 0 Å². The molecular formula is C22H31NO2. The van der Waals surface area contributed by atoms with Gasteiger partial charge < -0.3 is 10.1 Å². The average molecular weight is 341 g/mol. The second-order valence-electron chi connectivity index (χ2n) is 6.72. The van der Waals surface area contributed by atoms with Crippen LogP contribution in [0.2, 0.25) is 0 Å². The normalized spacial score (nSPS) is 13.4. The fraction of sp³-hybridized carbons (Fsp3) is 0.500. The smallest absolute Gasteiger partial charge is 0.407 e. The lowest BCUT2D eigenvalue weighted by Crippen LogP contribution is -2.31. The lowest BCUT2D eigenvalue weighted by Gasteiger charge is -2.20. The van der Waals surface area contributed by atoms with Crippen LogP contribution in [0.1, 0.15) is 70.9 Å². The Bertz CT molecular complexity index is 663. The number of benzene rings is 2. The Morgan fingerprint density at radius 1 is 1.04 bits per heavy atom. The largest absolute Gasteiger partial charge is 0.446 e. The Hall–Kier alpha value is -2.03. The van der Waals surface area contributed by atoms with E-state index in [2.05, 4.69) is 43.4 Å². The molecule has 0 saturated carbocycles. The fourth-order valence-electron chi connectivity index (χ4n) is 3.21. The summed E-state index contributed by atoms with van der Waals surface area (Å²) in [6.07, 6.45) is 6.32. The molecule has 2 atom stereocenters. The van der Waals surface area contributed by atoms with E-state index in [4.69, 9.17) is 4.74 Å². The van der Waals surface area contributed by atoms with Crippen molar-refractivity contribution in [2.75, 3.05) is 0 Å². The monoisotopic (exact) mass is 341 g/mol. The van der Waals surface area contributed by atoms with Crippen LogP contribution >= 0.6 is 0 Å². The molecule has 0 bridgehead atoms. The van der Waals surface area contributed by atoms with E-state index in [1.54, 1.807) is 0 Å². The minimum absolute atomic E-state index is 0.0107. The number of amides is 1. The molecule has 0 saturated heterocycles. The maximum absolute atomic E-state index is 12.3. The molecule has 0 spiro atoms. The number of hydrogen-bond acceptors (Lipinski definition) is 2. The van der Waals surface area contributed by atoms with E-state index in [0.717, 1.165) is 24.8 Å².